The average molecular weight is 292 g/mol. The predicted molar refractivity (Wildman–Crippen MR) is 86.1 cm³/mol. The maximum absolute atomic E-state index is 12.4. The van der Waals surface area contributed by atoms with Gasteiger partial charge in [-0.1, -0.05) is 36.4 Å². The number of allylic oxidation sites excluding steroid dienone is 2. The van der Waals surface area contributed by atoms with Crippen LogP contribution in [0, 0.1) is 0 Å². The molecule has 0 fully saturated rings. The zero-order valence-corrected chi connectivity index (χ0v) is 12.3. The highest BCUT2D eigenvalue weighted by molar-refractivity contribution is 6.18. The van der Waals surface area contributed by atoms with E-state index in [1.54, 1.807) is 7.11 Å². The molecule has 0 unspecified atom stereocenters. The number of cyclic esters (lactones) is 1. The Kier molecular flexibility index (Phi) is 4.05. The second kappa shape index (κ2) is 6.31. The lowest BCUT2D eigenvalue weighted by Gasteiger charge is -2.09. The standard InChI is InChI=1S/C19H16O3/c1-21-16-12-10-15(11-13-16)18-9-5-8-17(19(20)22-18)14-6-3-2-4-7-14/h2-4,6-13H,5H2,1H3. The number of methoxy groups -OCH3 is 1. The molecular weight excluding hydrogens is 276 g/mol. The fourth-order valence-corrected chi connectivity index (χ4v) is 2.35. The van der Waals surface area contributed by atoms with Gasteiger partial charge >= 0.3 is 5.97 Å². The molecule has 0 amide bonds. The molecule has 3 heteroatoms. The summed E-state index contributed by atoms with van der Waals surface area (Å²) in [6.45, 7) is 0. The first-order valence-corrected chi connectivity index (χ1v) is 7.10. The smallest absolute Gasteiger partial charge is 0.343 e. The van der Waals surface area contributed by atoms with Gasteiger partial charge in [-0.3, -0.25) is 0 Å². The zero-order chi connectivity index (χ0) is 15.4. The minimum Gasteiger partial charge on any atom is -0.497 e. The zero-order valence-electron chi connectivity index (χ0n) is 12.3. The summed E-state index contributed by atoms with van der Waals surface area (Å²) >= 11 is 0. The van der Waals surface area contributed by atoms with Gasteiger partial charge in [-0.15, -0.1) is 0 Å². The number of carbonyl (C=O) groups is 1. The van der Waals surface area contributed by atoms with Crippen molar-refractivity contribution in [2.45, 2.75) is 6.42 Å². The van der Waals surface area contributed by atoms with Crippen LogP contribution in [0.5, 0.6) is 5.75 Å². The summed E-state index contributed by atoms with van der Waals surface area (Å²) in [6, 6.07) is 17.0. The number of hydrogen-bond acceptors (Lipinski definition) is 3. The molecule has 0 bridgehead atoms. The van der Waals surface area contributed by atoms with E-state index in [0.717, 1.165) is 16.9 Å². The lowest BCUT2D eigenvalue weighted by molar-refractivity contribution is -0.130. The number of hydrogen-bond donors (Lipinski definition) is 0. The summed E-state index contributed by atoms with van der Waals surface area (Å²) in [7, 11) is 1.62. The summed E-state index contributed by atoms with van der Waals surface area (Å²) in [4.78, 5) is 12.4. The molecule has 1 aliphatic rings. The number of esters is 1. The molecule has 0 saturated heterocycles. The van der Waals surface area contributed by atoms with Gasteiger partial charge in [0.25, 0.3) is 0 Å². The highest BCUT2D eigenvalue weighted by atomic mass is 16.5. The predicted octanol–water partition coefficient (Wildman–Crippen LogP) is 4.07. The molecule has 0 aromatic heterocycles. The third kappa shape index (κ3) is 2.93. The van der Waals surface area contributed by atoms with E-state index in [2.05, 4.69) is 0 Å². The van der Waals surface area contributed by atoms with Gasteiger partial charge in [-0.05, 0) is 42.3 Å². The SMILES string of the molecule is COc1ccc(C2=CCC=C(c3ccccc3)C(=O)O2)cc1. The van der Waals surface area contributed by atoms with Crippen LogP contribution in [0.1, 0.15) is 17.5 Å². The van der Waals surface area contributed by atoms with Crippen LogP contribution in [-0.2, 0) is 9.53 Å². The Morgan fingerprint density at radius 3 is 2.32 bits per heavy atom. The Morgan fingerprint density at radius 2 is 1.64 bits per heavy atom. The van der Waals surface area contributed by atoms with Crippen LogP contribution in [0.15, 0.2) is 66.7 Å². The number of carbonyl (C=O) groups excluding carboxylic acids is 1. The summed E-state index contributed by atoms with van der Waals surface area (Å²) < 4.78 is 10.7. The number of benzene rings is 2. The molecule has 0 spiro atoms. The van der Waals surface area contributed by atoms with E-state index < -0.39 is 0 Å². The molecule has 0 N–H and O–H groups in total. The van der Waals surface area contributed by atoms with E-state index >= 15 is 0 Å². The molecular formula is C19H16O3. The summed E-state index contributed by atoms with van der Waals surface area (Å²) in [5.74, 6) is 1.02. The van der Waals surface area contributed by atoms with Crippen molar-refractivity contribution in [2.24, 2.45) is 0 Å². The normalized spacial score (nSPS) is 14.5. The van der Waals surface area contributed by atoms with Crippen LogP contribution >= 0.6 is 0 Å². The lowest BCUT2D eigenvalue weighted by atomic mass is 10.1. The molecule has 1 heterocycles. The first-order chi connectivity index (χ1) is 10.8. The van der Waals surface area contributed by atoms with Gasteiger partial charge in [0.15, 0.2) is 0 Å². The van der Waals surface area contributed by atoms with E-state index in [4.69, 9.17) is 9.47 Å². The molecule has 0 radical (unpaired) electrons. The average Bonchev–Trinajstić information content (AvgIpc) is 2.77. The van der Waals surface area contributed by atoms with Gasteiger partial charge in [0.1, 0.15) is 11.5 Å². The second-order valence-corrected chi connectivity index (χ2v) is 4.91. The van der Waals surface area contributed by atoms with Crippen molar-refractivity contribution in [3.63, 3.8) is 0 Å². The topological polar surface area (TPSA) is 35.5 Å². The minimum atomic E-state index is -0.328. The van der Waals surface area contributed by atoms with Gasteiger partial charge in [0.2, 0.25) is 0 Å². The van der Waals surface area contributed by atoms with Crippen molar-refractivity contribution in [1.82, 2.24) is 0 Å². The molecule has 0 saturated carbocycles. The Bertz CT molecular complexity index is 725. The quantitative estimate of drug-likeness (QED) is 0.800. The Labute approximate surface area is 129 Å². The summed E-state index contributed by atoms with van der Waals surface area (Å²) in [5, 5.41) is 0. The van der Waals surface area contributed by atoms with E-state index in [1.807, 2.05) is 66.7 Å². The van der Waals surface area contributed by atoms with Crippen LogP contribution in [0.3, 0.4) is 0 Å². The second-order valence-electron chi connectivity index (χ2n) is 4.91. The maximum atomic E-state index is 12.4. The van der Waals surface area contributed by atoms with Crippen LogP contribution in [0.4, 0.5) is 0 Å². The molecule has 3 rings (SSSR count). The van der Waals surface area contributed by atoms with E-state index in [1.165, 1.54) is 0 Å². The molecule has 22 heavy (non-hydrogen) atoms. The van der Waals surface area contributed by atoms with Gasteiger partial charge in [0.05, 0.1) is 12.7 Å². The molecule has 2 aromatic rings. The number of ether oxygens (including phenoxy) is 2. The van der Waals surface area contributed by atoms with E-state index in [-0.39, 0.29) is 5.97 Å². The molecule has 2 aromatic carbocycles. The molecule has 1 aliphatic heterocycles. The first kappa shape index (κ1) is 14.1. The van der Waals surface area contributed by atoms with E-state index in [9.17, 15) is 4.79 Å². The third-order valence-corrected chi connectivity index (χ3v) is 3.51. The van der Waals surface area contributed by atoms with Gasteiger partial charge < -0.3 is 9.47 Å². The fraction of sp³-hybridized carbons (Fsp3) is 0.105. The van der Waals surface area contributed by atoms with Crippen molar-refractivity contribution in [2.75, 3.05) is 7.11 Å². The largest absolute Gasteiger partial charge is 0.497 e. The van der Waals surface area contributed by atoms with Crippen LogP contribution in [-0.4, -0.2) is 13.1 Å². The van der Waals surface area contributed by atoms with Crippen LogP contribution < -0.4 is 4.74 Å². The first-order valence-electron chi connectivity index (χ1n) is 7.10. The minimum absolute atomic E-state index is 0.328. The molecule has 3 nitrogen and oxygen atoms in total. The highest BCUT2D eigenvalue weighted by Crippen LogP contribution is 2.27. The van der Waals surface area contributed by atoms with Crippen molar-refractivity contribution < 1.29 is 14.3 Å². The maximum Gasteiger partial charge on any atom is 0.343 e. The van der Waals surface area contributed by atoms with E-state index in [0.29, 0.717) is 17.8 Å². The summed E-state index contributed by atoms with van der Waals surface area (Å²) in [6.07, 6.45) is 4.46. The molecule has 0 aliphatic carbocycles. The van der Waals surface area contributed by atoms with Crippen LogP contribution in [0.2, 0.25) is 0 Å². The highest BCUT2D eigenvalue weighted by Gasteiger charge is 2.18. The van der Waals surface area contributed by atoms with Crippen molar-refractivity contribution in [3.05, 3.63) is 77.9 Å². The molecule has 110 valence electrons. The van der Waals surface area contributed by atoms with Gasteiger partial charge in [-0.2, -0.15) is 0 Å². The monoisotopic (exact) mass is 292 g/mol. The van der Waals surface area contributed by atoms with Crippen molar-refractivity contribution in [1.29, 1.82) is 0 Å². The van der Waals surface area contributed by atoms with Crippen molar-refractivity contribution >= 4 is 17.3 Å². The molecule has 0 atom stereocenters. The third-order valence-electron chi connectivity index (χ3n) is 3.51. The van der Waals surface area contributed by atoms with Crippen molar-refractivity contribution in [3.8, 4) is 5.75 Å². The Hall–Kier alpha value is -2.81. The van der Waals surface area contributed by atoms with Gasteiger partial charge in [0, 0.05) is 5.56 Å². The Morgan fingerprint density at radius 1 is 0.909 bits per heavy atom. The Balaban J connectivity index is 1.82. The summed E-state index contributed by atoms with van der Waals surface area (Å²) in [5.41, 5.74) is 2.33. The lowest BCUT2D eigenvalue weighted by Crippen LogP contribution is -2.05. The van der Waals surface area contributed by atoms with Gasteiger partial charge in [-0.25, -0.2) is 4.79 Å². The van der Waals surface area contributed by atoms with Crippen LogP contribution in [0.25, 0.3) is 11.3 Å². The fourth-order valence-electron chi connectivity index (χ4n) is 2.35. The number of rotatable bonds is 3.